The number of benzene rings is 1. The van der Waals surface area contributed by atoms with Gasteiger partial charge in [0.2, 0.25) is 0 Å². The number of carboxylic acids is 1. The summed E-state index contributed by atoms with van der Waals surface area (Å²) in [6.07, 6.45) is 0. The molecule has 0 radical (unpaired) electrons. The molecule has 1 saturated heterocycles. The third kappa shape index (κ3) is 2.41. The van der Waals surface area contributed by atoms with Gasteiger partial charge in [-0.1, -0.05) is 13.0 Å². The number of ether oxygens (including phenoxy) is 1. The molecule has 6 nitrogen and oxygen atoms in total. The van der Waals surface area contributed by atoms with E-state index in [9.17, 15) is 14.7 Å². The van der Waals surface area contributed by atoms with Crippen LogP contribution in [0.15, 0.2) is 18.2 Å². The first-order valence-electron chi connectivity index (χ1n) is 6.33. The Bertz CT molecular complexity index is 536. The van der Waals surface area contributed by atoms with Gasteiger partial charge in [0, 0.05) is 19.0 Å². The fraction of sp³-hybridized carbons (Fsp3) is 0.429. The fourth-order valence-electron chi connectivity index (χ4n) is 2.23. The predicted octanol–water partition coefficient (Wildman–Crippen LogP) is 1.19. The Kier molecular flexibility index (Phi) is 3.83. The second-order valence-electron chi connectivity index (χ2n) is 4.95. The van der Waals surface area contributed by atoms with Gasteiger partial charge >= 0.3 is 5.97 Å². The van der Waals surface area contributed by atoms with Gasteiger partial charge in [-0.2, -0.15) is 0 Å². The van der Waals surface area contributed by atoms with Crippen LogP contribution in [0.4, 0.5) is 0 Å². The highest BCUT2D eigenvalue weighted by atomic mass is 16.5. The van der Waals surface area contributed by atoms with Crippen molar-refractivity contribution in [1.82, 2.24) is 4.90 Å². The normalized spacial score (nSPS) is 16.4. The van der Waals surface area contributed by atoms with Crippen LogP contribution in [-0.4, -0.2) is 47.2 Å². The molecular weight excluding hydrogens is 262 g/mol. The van der Waals surface area contributed by atoms with Gasteiger partial charge in [0.1, 0.15) is 0 Å². The number of phenolic OH excluding ortho intramolecular Hbond substituents is 1. The van der Waals surface area contributed by atoms with Crippen LogP contribution in [0.3, 0.4) is 0 Å². The maximum atomic E-state index is 12.2. The molecular formula is C14H17NO5. The van der Waals surface area contributed by atoms with Crippen molar-refractivity contribution in [1.29, 1.82) is 0 Å². The van der Waals surface area contributed by atoms with Crippen LogP contribution >= 0.6 is 0 Å². The van der Waals surface area contributed by atoms with Crippen LogP contribution in [0.5, 0.6) is 11.5 Å². The first kappa shape index (κ1) is 14.2. The highest BCUT2D eigenvalue weighted by Gasteiger charge is 2.38. The Morgan fingerprint density at radius 3 is 2.60 bits per heavy atom. The molecule has 1 aliphatic rings. The maximum absolute atomic E-state index is 12.2. The summed E-state index contributed by atoms with van der Waals surface area (Å²) in [5.74, 6) is -1.62. The van der Waals surface area contributed by atoms with E-state index in [0.717, 1.165) is 0 Å². The number of carbonyl (C=O) groups excluding carboxylic acids is 1. The third-order valence-electron chi connectivity index (χ3n) is 3.74. The monoisotopic (exact) mass is 279 g/mol. The number of phenols is 1. The molecule has 2 rings (SSSR count). The van der Waals surface area contributed by atoms with Gasteiger partial charge in [0.25, 0.3) is 5.91 Å². The average molecular weight is 279 g/mol. The highest BCUT2D eigenvalue weighted by Crippen LogP contribution is 2.32. The van der Waals surface area contributed by atoms with Gasteiger partial charge in [-0.25, -0.2) is 0 Å². The van der Waals surface area contributed by atoms with Crippen molar-refractivity contribution in [2.24, 2.45) is 11.8 Å². The molecule has 0 saturated carbocycles. The van der Waals surface area contributed by atoms with Crippen molar-refractivity contribution in [3.63, 3.8) is 0 Å². The molecule has 1 heterocycles. The standard InChI is InChI=1S/C14H17NO5/c1-8(14(18)19)9-6-15(7-9)13(17)10-4-3-5-11(20-2)12(10)16/h3-5,8-9,16H,6-7H2,1-2H3,(H,18,19). The lowest BCUT2D eigenvalue weighted by Gasteiger charge is -2.41. The van der Waals surface area contributed by atoms with Crippen molar-refractivity contribution in [2.75, 3.05) is 20.2 Å². The molecule has 1 unspecified atom stereocenters. The van der Waals surface area contributed by atoms with E-state index in [2.05, 4.69) is 0 Å². The van der Waals surface area contributed by atoms with Crippen molar-refractivity contribution >= 4 is 11.9 Å². The number of amides is 1. The second-order valence-corrected chi connectivity index (χ2v) is 4.95. The summed E-state index contributed by atoms with van der Waals surface area (Å²) in [6.45, 7) is 2.42. The molecule has 1 aromatic rings. The van der Waals surface area contributed by atoms with E-state index in [1.54, 1.807) is 19.1 Å². The molecule has 2 N–H and O–H groups in total. The summed E-state index contributed by atoms with van der Waals surface area (Å²) in [4.78, 5) is 24.6. The minimum atomic E-state index is -0.855. The summed E-state index contributed by atoms with van der Waals surface area (Å²) in [5, 5.41) is 18.8. The number of methoxy groups -OCH3 is 1. The van der Waals surface area contributed by atoms with Crippen LogP contribution in [0.2, 0.25) is 0 Å². The van der Waals surface area contributed by atoms with Gasteiger partial charge in [-0.3, -0.25) is 9.59 Å². The third-order valence-corrected chi connectivity index (χ3v) is 3.74. The SMILES string of the molecule is COc1cccc(C(=O)N2CC(C(C)C(=O)O)C2)c1O. The summed E-state index contributed by atoms with van der Waals surface area (Å²) < 4.78 is 4.96. The lowest BCUT2D eigenvalue weighted by Crippen LogP contribution is -2.53. The summed E-state index contributed by atoms with van der Waals surface area (Å²) in [7, 11) is 1.41. The minimum absolute atomic E-state index is 0.0378. The van der Waals surface area contributed by atoms with Crippen LogP contribution < -0.4 is 4.74 Å². The number of aliphatic carboxylic acids is 1. The summed E-state index contributed by atoms with van der Waals surface area (Å²) in [6, 6.07) is 4.72. The molecule has 0 aromatic heterocycles. The van der Waals surface area contributed by atoms with Crippen LogP contribution in [0.1, 0.15) is 17.3 Å². The number of carbonyl (C=O) groups is 2. The Morgan fingerprint density at radius 2 is 2.05 bits per heavy atom. The van der Waals surface area contributed by atoms with Crippen LogP contribution in [0.25, 0.3) is 0 Å². The zero-order valence-electron chi connectivity index (χ0n) is 11.4. The zero-order valence-corrected chi connectivity index (χ0v) is 11.4. The summed E-state index contributed by atoms with van der Waals surface area (Å²) >= 11 is 0. The van der Waals surface area contributed by atoms with Gasteiger partial charge in [-0.05, 0) is 12.1 Å². The Labute approximate surface area is 116 Å². The smallest absolute Gasteiger partial charge is 0.306 e. The summed E-state index contributed by atoms with van der Waals surface area (Å²) in [5.41, 5.74) is 0.172. The van der Waals surface area contributed by atoms with Gasteiger partial charge in [-0.15, -0.1) is 0 Å². The van der Waals surface area contributed by atoms with E-state index in [-0.39, 0.29) is 28.9 Å². The Morgan fingerprint density at radius 1 is 1.40 bits per heavy atom. The maximum Gasteiger partial charge on any atom is 0.306 e. The molecule has 108 valence electrons. The quantitative estimate of drug-likeness (QED) is 0.864. The number of hydrogen-bond acceptors (Lipinski definition) is 4. The van der Waals surface area contributed by atoms with E-state index >= 15 is 0 Å². The fourth-order valence-corrected chi connectivity index (χ4v) is 2.23. The van der Waals surface area contributed by atoms with Gasteiger partial charge in [0.05, 0.1) is 18.6 Å². The first-order valence-corrected chi connectivity index (χ1v) is 6.33. The highest BCUT2D eigenvalue weighted by molar-refractivity contribution is 5.98. The first-order chi connectivity index (χ1) is 9.45. The molecule has 1 atom stereocenters. The van der Waals surface area contributed by atoms with Gasteiger partial charge < -0.3 is 19.8 Å². The van der Waals surface area contributed by atoms with E-state index in [4.69, 9.17) is 9.84 Å². The molecule has 6 heteroatoms. The van der Waals surface area contributed by atoms with Crippen molar-refractivity contribution in [3.05, 3.63) is 23.8 Å². The number of likely N-dealkylation sites (tertiary alicyclic amines) is 1. The second kappa shape index (κ2) is 5.40. The van der Waals surface area contributed by atoms with Crippen molar-refractivity contribution < 1.29 is 24.5 Å². The Hall–Kier alpha value is -2.24. The molecule has 1 fully saturated rings. The number of aromatic hydroxyl groups is 1. The largest absolute Gasteiger partial charge is 0.504 e. The number of nitrogens with zero attached hydrogens (tertiary/aromatic N) is 1. The van der Waals surface area contributed by atoms with Crippen molar-refractivity contribution in [2.45, 2.75) is 6.92 Å². The number of carboxylic acid groups (broad SMARTS) is 1. The number of rotatable bonds is 4. The Balaban J connectivity index is 2.06. The number of para-hydroxylation sites is 1. The zero-order chi connectivity index (χ0) is 14.9. The van der Waals surface area contributed by atoms with Gasteiger partial charge in [0.15, 0.2) is 11.5 Å². The molecule has 0 aliphatic carbocycles. The molecule has 20 heavy (non-hydrogen) atoms. The molecule has 1 aliphatic heterocycles. The van der Waals surface area contributed by atoms with Crippen LogP contribution in [0, 0.1) is 11.8 Å². The minimum Gasteiger partial charge on any atom is -0.504 e. The molecule has 1 amide bonds. The van der Waals surface area contributed by atoms with Crippen molar-refractivity contribution in [3.8, 4) is 11.5 Å². The van der Waals surface area contributed by atoms with E-state index in [0.29, 0.717) is 13.1 Å². The topological polar surface area (TPSA) is 87.1 Å². The lowest BCUT2D eigenvalue weighted by molar-refractivity contribution is -0.144. The average Bonchev–Trinajstić information content (AvgIpc) is 2.36. The molecule has 0 spiro atoms. The lowest BCUT2D eigenvalue weighted by atomic mass is 9.86. The molecule has 0 bridgehead atoms. The van der Waals surface area contributed by atoms with E-state index in [1.165, 1.54) is 18.1 Å². The molecule has 1 aromatic carbocycles. The van der Waals surface area contributed by atoms with E-state index < -0.39 is 11.9 Å². The van der Waals surface area contributed by atoms with Crippen LogP contribution in [-0.2, 0) is 4.79 Å². The number of hydrogen-bond donors (Lipinski definition) is 2. The van der Waals surface area contributed by atoms with E-state index in [1.807, 2.05) is 0 Å². The predicted molar refractivity (Wildman–Crippen MR) is 70.9 cm³/mol.